The molecule has 0 bridgehead atoms. The molecular formula is C23H31N3O3. The molecule has 0 fully saturated rings. The van der Waals surface area contributed by atoms with Gasteiger partial charge in [-0.1, -0.05) is 19.9 Å². The first-order valence-electron chi connectivity index (χ1n) is 10.0. The van der Waals surface area contributed by atoms with Crippen molar-refractivity contribution in [2.75, 3.05) is 23.8 Å². The second-order valence-corrected chi connectivity index (χ2v) is 7.67. The minimum absolute atomic E-state index is 0.0666. The van der Waals surface area contributed by atoms with Gasteiger partial charge in [-0.2, -0.15) is 0 Å². The van der Waals surface area contributed by atoms with Gasteiger partial charge in [0.1, 0.15) is 5.75 Å². The third kappa shape index (κ3) is 8.25. The zero-order valence-electron chi connectivity index (χ0n) is 17.6. The van der Waals surface area contributed by atoms with Gasteiger partial charge in [-0.15, -0.1) is 0 Å². The number of anilines is 2. The van der Waals surface area contributed by atoms with Gasteiger partial charge in [0.05, 0.1) is 13.2 Å². The fraction of sp³-hybridized carbons (Fsp3) is 0.391. The number of rotatable bonds is 10. The summed E-state index contributed by atoms with van der Waals surface area (Å²) in [5.41, 5.74) is 1.97. The first-order chi connectivity index (χ1) is 13.8. The Labute approximate surface area is 173 Å². The fourth-order valence-corrected chi connectivity index (χ4v) is 2.55. The minimum Gasteiger partial charge on any atom is -0.494 e. The van der Waals surface area contributed by atoms with Crippen LogP contribution in [0.4, 0.5) is 11.4 Å². The van der Waals surface area contributed by atoms with Crippen molar-refractivity contribution in [2.45, 2.75) is 40.2 Å². The highest BCUT2D eigenvalue weighted by Crippen LogP contribution is 2.17. The van der Waals surface area contributed by atoms with Crippen molar-refractivity contribution in [3.8, 4) is 5.75 Å². The van der Waals surface area contributed by atoms with Crippen LogP contribution in [0.25, 0.3) is 0 Å². The van der Waals surface area contributed by atoms with E-state index in [0.717, 1.165) is 12.2 Å². The molecule has 3 N–H and O–H groups in total. The van der Waals surface area contributed by atoms with Crippen molar-refractivity contribution < 1.29 is 14.3 Å². The average molecular weight is 398 g/mol. The lowest BCUT2D eigenvalue weighted by molar-refractivity contribution is -0.114. The second kappa shape index (κ2) is 11.1. The van der Waals surface area contributed by atoms with Gasteiger partial charge in [-0.3, -0.25) is 9.59 Å². The van der Waals surface area contributed by atoms with Gasteiger partial charge in [0.2, 0.25) is 5.91 Å². The van der Waals surface area contributed by atoms with Gasteiger partial charge < -0.3 is 20.7 Å². The van der Waals surface area contributed by atoms with Crippen LogP contribution in [-0.2, 0) is 4.79 Å². The lowest BCUT2D eigenvalue weighted by atomic mass is 10.1. The first-order valence-corrected chi connectivity index (χ1v) is 10.0. The van der Waals surface area contributed by atoms with Gasteiger partial charge in [0, 0.05) is 23.0 Å². The van der Waals surface area contributed by atoms with Crippen molar-refractivity contribution in [3.63, 3.8) is 0 Å². The van der Waals surface area contributed by atoms with E-state index in [1.165, 1.54) is 0 Å². The van der Waals surface area contributed by atoms with Crippen LogP contribution < -0.4 is 20.7 Å². The molecule has 0 saturated carbocycles. The van der Waals surface area contributed by atoms with Crippen LogP contribution in [0.3, 0.4) is 0 Å². The van der Waals surface area contributed by atoms with Crippen LogP contribution in [0.2, 0.25) is 0 Å². The Morgan fingerprint density at radius 3 is 2.34 bits per heavy atom. The molecule has 0 aliphatic carbocycles. The molecule has 0 saturated heterocycles. The molecular weight excluding hydrogens is 366 g/mol. The van der Waals surface area contributed by atoms with Gasteiger partial charge in [-0.05, 0) is 68.7 Å². The van der Waals surface area contributed by atoms with E-state index in [9.17, 15) is 9.59 Å². The molecule has 6 heteroatoms. The van der Waals surface area contributed by atoms with Gasteiger partial charge >= 0.3 is 0 Å². The smallest absolute Gasteiger partial charge is 0.251 e. The summed E-state index contributed by atoms with van der Waals surface area (Å²) in [5, 5.41) is 8.74. The standard InChI is InChI=1S/C23H31N3O3/c1-16(2)12-13-29-21-10-8-19(9-11-21)26-22(27)15-24-20-7-5-6-18(14-20)23(28)25-17(3)4/h5-11,14,16-17,24H,12-13,15H2,1-4H3,(H,25,28)(H,26,27). The van der Waals surface area contributed by atoms with Gasteiger partial charge in [-0.25, -0.2) is 0 Å². The van der Waals surface area contributed by atoms with Crippen LogP contribution >= 0.6 is 0 Å². The van der Waals surface area contributed by atoms with Crippen LogP contribution in [-0.4, -0.2) is 31.0 Å². The average Bonchev–Trinajstić information content (AvgIpc) is 2.67. The number of hydrogen-bond acceptors (Lipinski definition) is 4. The Kier molecular flexibility index (Phi) is 8.52. The largest absolute Gasteiger partial charge is 0.494 e. The van der Waals surface area contributed by atoms with E-state index < -0.39 is 0 Å². The monoisotopic (exact) mass is 397 g/mol. The molecule has 2 aromatic rings. The lowest BCUT2D eigenvalue weighted by Gasteiger charge is -2.11. The van der Waals surface area contributed by atoms with E-state index in [0.29, 0.717) is 29.5 Å². The summed E-state index contributed by atoms with van der Waals surface area (Å²) in [5.74, 6) is 1.09. The molecule has 0 heterocycles. The number of carbonyl (C=O) groups excluding carboxylic acids is 2. The maximum Gasteiger partial charge on any atom is 0.251 e. The summed E-state index contributed by atoms with van der Waals surface area (Å²) in [6.45, 7) is 8.92. The van der Waals surface area contributed by atoms with Crippen LogP contribution in [0.1, 0.15) is 44.5 Å². The molecule has 2 aromatic carbocycles. The van der Waals surface area contributed by atoms with Crippen molar-refractivity contribution in [2.24, 2.45) is 5.92 Å². The zero-order valence-corrected chi connectivity index (χ0v) is 17.6. The van der Waals surface area contributed by atoms with E-state index in [4.69, 9.17) is 4.74 Å². The number of carbonyl (C=O) groups is 2. The summed E-state index contributed by atoms with van der Waals surface area (Å²) in [6.07, 6.45) is 1.00. The summed E-state index contributed by atoms with van der Waals surface area (Å²) in [6, 6.07) is 14.5. The predicted molar refractivity (Wildman–Crippen MR) is 118 cm³/mol. The molecule has 0 unspecified atom stereocenters. The van der Waals surface area contributed by atoms with Crippen molar-refractivity contribution >= 4 is 23.2 Å². The Morgan fingerprint density at radius 2 is 1.69 bits per heavy atom. The van der Waals surface area contributed by atoms with Crippen LogP contribution in [0.15, 0.2) is 48.5 Å². The molecule has 6 nitrogen and oxygen atoms in total. The number of benzene rings is 2. The van der Waals surface area contributed by atoms with Crippen LogP contribution in [0.5, 0.6) is 5.75 Å². The third-order valence-corrected chi connectivity index (χ3v) is 4.10. The molecule has 2 amide bonds. The maximum absolute atomic E-state index is 12.2. The minimum atomic E-state index is -0.171. The molecule has 0 aromatic heterocycles. The maximum atomic E-state index is 12.2. The third-order valence-electron chi connectivity index (χ3n) is 4.10. The van der Waals surface area contributed by atoms with E-state index in [1.54, 1.807) is 18.2 Å². The molecule has 0 atom stereocenters. The SMILES string of the molecule is CC(C)CCOc1ccc(NC(=O)CNc2cccc(C(=O)NC(C)C)c2)cc1. The molecule has 0 radical (unpaired) electrons. The second-order valence-electron chi connectivity index (χ2n) is 7.67. The predicted octanol–water partition coefficient (Wildman–Crippen LogP) is 4.30. The normalized spacial score (nSPS) is 10.7. The first kappa shape index (κ1) is 22.3. The lowest BCUT2D eigenvalue weighted by Crippen LogP contribution is -2.30. The molecule has 29 heavy (non-hydrogen) atoms. The number of hydrogen-bond donors (Lipinski definition) is 3. The van der Waals surface area contributed by atoms with Crippen molar-refractivity contribution in [3.05, 3.63) is 54.1 Å². The van der Waals surface area contributed by atoms with Gasteiger partial charge in [0.25, 0.3) is 5.91 Å². The highest BCUT2D eigenvalue weighted by molar-refractivity contribution is 5.96. The molecule has 156 valence electrons. The zero-order chi connectivity index (χ0) is 21.2. The number of nitrogens with one attached hydrogen (secondary N) is 3. The molecule has 0 spiro atoms. The van der Waals surface area contributed by atoms with E-state index in [-0.39, 0.29) is 24.4 Å². The van der Waals surface area contributed by atoms with E-state index in [1.807, 2.05) is 44.2 Å². The van der Waals surface area contributed by atoms with Crippen molar-refractivity contribution in [1.82, 2.24) is 5.32 Å². The summed E-state index contributed by atoms with van der Waals surface area (Å²) in [7, 11) is 0. The van der Waals surface area contributed by atoms with E-state index in [2.05, 4.69) is 29.8 Å². The quantitative estimate of drug-likeness (QED) is 0.558. The summed E-state index contributed by atoms with van der Waals surface area (Å²) >= 11 is 0. The summed E-state index contributed by atoms with van der Waals surface area (Å²) in [4.78, 5) is 24.3. The Balaban J connectivity index is 1.81. The molecule has 2 rings (SSSR count). The van der Waals surface area contributed by atoms with Crippen LogP contribution in [0, 0.1) is 5.92 Å². The topological polar surface area (TPSA) is 79.5 Å². The summed E-state index contributed by atoms with van der Waals surface area (Å²) < 4.78 is 5.68. The number of ether oxygens (including phenoxy) is 1. The highest BCUT2D eigenvalue weighted by Gasteiger charge is 2.08. The fourth-order valence-electron chi connectivity index (χ4n) is 2.55. The molecule has 0 aliphatic heterocycles. The van der Waals surface area contributed by atoms with Gasteiger partial charge in [0.15, 0.2) is 0 Å². The molecule has 0 aliphatic rings. The Bertz CT molecular complexity index is 801. The Morgan fingerprint density at radius 1 is 0.966 bits per heavy atom. The van der Waals surface area contributed by atoms with Crippen molar-refractivity contribution in [1.29, 1.82) is 0 Å². The van der Waals surface area contributed by atoms with E-state index >= 15 is 0 Å². The highest BCUT2D eigenvalue weighted by atomic mass is 16.5. The Hall–Kier alpha value is -3.02. The number of amides is 2.